The van der Waals surface area contributed by atoms with Crippen LogP contribution in [0.2, 0.25) is 5.02 Å². The van der Waals surface area contributed by atoms with Gasteiger partial charge in [-0.15, -0.1) is 0 Å². The number of hydrogen-bond acceptors (Lipinski definition) is 4. The van der Waals surface area contributed by atoms with Crippen LogP contribution in [0.1, 0.15) is 25.7 Å². The Morgan fingerprint density at radius 3 is 2.36 bits per heavy atom. The average molecular weight is 359 g/mol. The first-order valence-electron chi connectivity index (χ1n) is 9.06. The van der Waals surface area contributed by atoms with Crippen molar-refractivity contribution in [3.05, 3.63) is 51.9 Å². The quantitative estimate of drug-likeness (QED) is 0.846. The van der Waals surface area contributed by atoms with Crippen molar-refractivity contribution in [3.8, 4) is 5.69 Å². The molecule has 0 radical (unpaired) electrons. The molecule has 0 unspecified atom stereocenters. The van der Waals surface area contributed by atoms with Gasteiger partial charge in [0.05, 0.1) is 17.6 Å². The Kier molecular flexibility index (Phi) is 4.77. The number of hydrogen-bond donors (Lipinski definition) is 0. The van der Waals surface area contributed by atoms with Crippen LogP contribution in [-0.4, -0.2) is 46.9 Å². The second-order valence-corrected chi connectivity index (χ2v) is 7.24. The van der Waals surface area contributed by atoms with Crippen molar-refractivity contribution in [1.29, 1.82) is 0 Å². The van der Waals surface area contributed by atoms with Gasteiger partial charge >= 0.3 is 0 Å². The number of halogens is 1. The van der Waals surface area contributed by atoms with Crippen LogP contribution in [-0.2, 0) is 0 Å². The lowest BCUT2D eigenvalue weighted by Gasteiger charge is -2.39. The molecule has 1 aromatic carbocycles. The molecule has 2 aliphatic rings. The summed E-state index contributed by atoms with van der Waals surface area (Å²) < 4.78 is 1.36. The monoisotopic (exact) mass is 358 g/mol. The van der Waals surface area contributed by atoms with Gasteiger partial charge in [0.2, 0.25) is 0 Å². The van der Waals surface area contributed by atoms with Gasteiger partial charge in [-0.3, -0.25) is 9.69 Å². The van der Waals surface area contributed by atoms with Crippen molar-refractivity contribution in [1.82, 2.24) is 14.7 Å². The molecular formula is C19H23ClN4O. The van der Waals surface area contributed by atoms with Crippen LogP contribution in [0.5, 0.6) is 0 Å². The normalized spacial score (nSPS) is 19.5. The summed E-state index contributed by atoms with van der Waals surface area (Å²) in [5.41, 5.74) is 1.22. The largest absolute Gasteiger partial charge is 0.366 e. The van der Waals surface area contributed by atoms with Crippen LogP contribution < -0.4 is 10.5 Å². The summed E-state index contributed by atoms with van der Waals surface area (Å²) >= 11 is 6.42. The van der Waals surface area contributed by atoms with Gasteiger partial charge < -0.3 is 4.90 Å². The van der Waals surface area contributed by atoms with Crippen molar-refractivity contribution in [2.24, 2.45) is 0 Å². The third kappa shape index (κ3) is 3.31. The highest BCUT2D eigenvalue weighted by Gasteiger charge is 2.27. The molecule has 1 aromatic heterocycles. The van der Waals surface area contributed by atoms with E-state index >= 15 is 0 Å². The second kappa shape index (κ2) is 7.18. The van der Waals surface area contributed by atoms with Crippen LogP contribution in [0.4, 0.5) is 5.69 Å². The molecule has 6 heteroatoms. The Bertz CT molecular complexity index is 778. The number of nitrogens with zero attached hydrogens (tertiary/aromatic N) is 4. The van der Waals surface area contributed by atoms with Gasteiger partial charge in [0.25, 0.3) is 5.56 Å². The Hall–Kier alpha value is -1.85. The van der Waals surface area contributed by atoms with E-state index in [1.165, 1.54) is 30.4 Å². The number of piperazine rings is 1. The van der Waals surface area contributed by atoms with Crippen LogP contribution in [0.25, 0.3) is 5.69 Å². The predicted molar refractivity (Wildman–Crippen MR) is 101 cm³/mol. The lowest BCUT2D eigenvalue weighted by molar-refractivity contribution is 0.187. The fourth-order valence-electron chi connectivity index (χ4n) is 4.00. The molecule has 1 saturated heterocycles. The molecule has 0 atom stereocenters. The minimum absolute atomic E-state index is 0.258. The maximum atomic E-state index is 12.6. The van der Waals surface area contributed by atoms with Gasteiger partial charge in [0.15, 0.2) is 0 Å². The van der Waals surface area contributed by atoms with Crippen molar-refractivity contribution >= 4 is 17.3 Å². The molecule has 132 valence electrons. The molecule has 0 bridgehead atoms. The van der Waals surface area contributed by atoms with Crippen molar-refractivity contribution in [2.45, 2.75) is 31.7 Å². The molecule has 0 N–H and O–H groups in total. The molecule has 2 heterocycles. The summed E-state index contributed by atoms with van der Waals surface area (Å²) in [5, 5.41) is 4.60. The Morgan fingerprint density at radius 2 is 1.68 bits per heavy atom. The molecule has 0 amide bonds. The third-order valence-electron chi connectivity index (χ3n) is 5.40. The number of para-hydroxylation sites is 1. The summed E-state index contributed by atoms with van der Waals surface area (Å²) in [6, 6.07) is 10.1. The van der Waals surface area contributed by atoms with Crippen LogP contribution in [0.15, 0.2) is 41.3 Å². The molecule has 25 heavy (non-hydrogen) atoms. The minimum atomic E-state index is -0.261. The molecule has 0 spiro atoms. The standard InChI is InChI=1S/C19H23ClN4O/c20-18-17(14-21-24(19(18)25)16-8-2-1-3-9-16)23-12-10-22(11-13-23)15-6-4-5-7-15/h1-3,8-9,14-15H,4-7,10-13H2. The maximum Gasteiger partial charge on any atom is 0.292 e. The molecule has 1 aliphatic carbocycles. The Morgan fingerprint density at radius 1 is 1.00 bits per heavy atom. The lowest BCUT2D eigenvalue weighted by Crippen LogP contribution is -2.50. The fraction of sp³-hybridized carbons (Fsp3) is 0.474. The van der Waals surface area contributed by atoms with E-state index in [2.05, 4.69) is 14.9 Å². The summed E-state index contributed by atoms with van der Waals surface area (Å²) in [4.78, 5) is 17.4. The van der Waals surface area contributed by atoms with Crippen molar-refractivity contribution in [3.63, 3.8) is 0 Å². The topological polar surface area (TPSA) is 41.4 Å². The maximum absolute atomic E-state index is 12.6. The summed E-state index contributed by atoms with van der Waals surface area (Å²) in [6.45, 7) is 3.85. The van der Waals surface area contributed by atoms with Gasteiger partial charge in [0, 0.05) is 32.2 Å². The first-order valence-corrected chi connectivity index (χ1v) is 9.44. The molecule has 4 rings (SSSR count). The van der Waals surface area contributed by atoms with E-state index in [4.69, 9.17) is 11.6 Å². The van der Waals surface area contributed by atoms with Gasteiger partial charge in [-0.05, 0) is 25.0 Å². The Labute approximate surface area is 152 Å². The number of rotatable bonds is 3. The summed E-state index contributed by atoms with van der Waals surface area (Å²) in [6.07, 6.45) is 7.10. The zero-order valence-electron chi connectivity index (χ0n) is 14.3. The first-order chi connectivity index (χ1) is 12.2. The van der Waals surface area contributed by atoms with E-state index in [1.807, 2.05) is 30.3 Å². The van der Waals surface area contributed by atoms with Crippen LogP contribution in [0, 0.1) is 0 Å². The lowest BCUT2D eigenvalue weighted by atomic mass is 10.1. The van der Waals surface area contributed by atoms with E-state index in [0.717, 1.165) is 43.6 Å². The van der Waals surface area contributed by atoms with E-state index < -0.39 is 0 Å². The fourth-order valence-corrected chi connectivity index (χ4v) is 4.24. The molecule has 1 aliphatic heterocycles. The second-order valence-electron chi connectivity index (χ2n) is 6.86. The Balaban J connectivity index is 1.52. The zero-order chi connectivity index (χ0) is 17.2. The van der Waals surface area contributed by atoms with E-state index in [0.29, 0.717) is 0 Å². The van der Waals surface area contributed by atoms with Gasteiger partial charge in [-0.2, -0.15) is 9.78 Å². The molecule has 5 nitrogen and oxygen atoms in total. The van der Waals surface area contributed by atoms with Crippen LogP contribution >= 0.6 is 11.6 Å². The van der Waals surface area contributed by atoms with E-state index in [1.54, 1.807) is 6.20 Å². The number of benzene rings is 1. The third-order valence-corrected chi connectivity index (χ3v) is 5.75. The average Bonchev–Trinajstić information content (AvgIpc) is 3.20. The molecule has 2 fully saturated rings. The van der Waals surface area contributed by atoms with Crippen molar-refractivity contribution < 1.29 is 0 Å². The first kappa shape index (κ1) is 16.6. The highest BCUT2D eigenvalue weighted by atomic mass is 35.5. The predicted octanol–water partition coefficient (Wildman–Crippen LogP) is 2.95. The van der Waals surface area contributed by atoms with Gasteiger partial charge in [-0.25, -0.2) is 0 Å². The smallest absolute Gasteiger partial charge is 0.292 e. The molecular weight excluding hydrogens is 336 g/mol. The number of aromatic nitrogens is 2. The van der Waals surface area contributed by atoms with Crippen molar-refractivity contribution in [2.75, 3.05) is 31.1 Å². The number of anilines is 1. The SMILES string of the molecule is O=c1c(Cl)c(N2CCN(C3CCCC3)CC2)cnn1-c1ccccc1. The highest BCUT2D eigenvalue weighted by Crippen LogP contribution is 2.27. The van der Waals surface area contributed by atoms with Crippen LogP contribution in [0.3, 0.4) is 0 Å². The minimum Gasteiger partial charge on any atom is -0.366 e. The molecule has 2 aromatic rings. The molecule has 1 saturated carbocycles. The zero-order valence-corrected chi connectivity index (χ0v) is 15.0. The van der Waals surface area contributed by atoms with E-state index in [-0.39, 0.29) is 10.6 Å². The van der Waals surface area contributed by atoms with Gasteiger partial charge in [0.1, 0.15) is 5.02 Å². The van der Waals surface area contributed by atoms with E-state index in [9.17, 15) is 4.79 Å². The summed E-state index contributed by atoms with van der Waals surface area (Å²) in [7, 11) is 0. The van der Waals surface area contributed by atoms with Gasteiger partial charge in [-0.1, -0.05) is 42.6 Å². The summed E-state index contributed by atoms with van der Waals surface area (Å²) in [5.74, 6) is 0. The highest BCUT2D eigenvalue weighted by molar-refractivity contribution is 6.33.